The fraction of sp³-hybridized carbons (Fsp3) is 0.294. The molecule has 1 aromatic heterocycles. The zero-order valence-electron chi connectivity index (χ0n) is 12.3. The highest BCUT2D eigenvalue weighted by Gasteiger charge is 2.29. The number of nitrogens with one attached hydrogen (secondary N) is 1. The molecule has 1 aromatic carbocycles. The lowest BCUT2D eigenvalue weighted by Crippen LogP contribution is -2.41. The Balaban J connectivity index is 1.96. The second kappa shape index (κ2) is 6.85. The van der Waals surface area contributed by atoms with Crippen molar-refractivity contribution in [2.75, 3.05) is 6.54 Å². The highest BCUT2D eigenvalue weighted by Crippen LogP contribution is 2.25. The topological polar surface area (TPSA) is 42.0 Å². The molecule has 2 aromatic rings. The zero-order chi connectivity index (χ0) is 15.3. The van der Waals surface area contributed by atoms with E-state index >= 15 is 0 Å². The Hall–Kier alpha value is -1.68. The normalized spacial score (nSPS) is 11.2. The smallest absolute Gasteiger partial charge is 0.230 e. The van der Waals surface area contributed by atoms with Crippen LogP contribution in [0, 0.1) is 0 Å². The van der Waals surface area contributed by atoms with Gasteiger partial charge in [0.15, 0.2) is 0 Å². The lowest BCUT2D eigenvalue weighted by molar-refractivity contribution is -0.125. The highest BCUT2D eigenvalue weighted by molar-refractivity contribution is 9.10. The molecule has 0 aliphatic rings. The second-order valence-corrected chi connectivity index (χ2v) is 6.38. The van der Waals surface area contributed by atoms with Gasteiger partial charge in [0.25, 0.3) is 0 Å². The zero-order valence-corrected chi connectivity index (χ0v) is 13.9. The van der Waals surface area contributed by atoms with Crippen molar-refractivity contribution in [3.63, 3.8) is 0 Å². The molecule has 1 N–H and O–H groups in total. The van der Waals surface area contributed by atoms with E-state index in [-0.39, 0.29) is 5.91 Å². The van der Waals surface area contributed by atoms with E-state index in [1.54, 1.807) is 6.20 Å². The van der Waals surface area contributed by atoms with E-state index < -0.39 is 5.41 Å². The maximum Gasteiger partial charge on any atom is 0.230 e. The van der Waals surface area contributed by atoms with E-state index in [1.165, 1.54) is 0 Å². The molecule has 0 saturated carbocycles. The van der Waals surface area contributed by atoms with E-state index in [0.29, 0.717) is 6.54 Å². The van der Waals surface area contributed by atoms with Crippen molar-refractivity contribution in [2.45, 2.75) is 25.7 Å². The van der Waals surface area contributed by atoms with E-state index in [2.05, 4.69) is 26.2 Å². The van der Waals surface area contributed by atoms with Crippen LogP contribution >= 0.6 is 15.9 Å². The van der Waals surface area contributed by atoms with Crippen LogP contribution in [0.25, 0.3) is 0 Å². The van der Waals surface area contributed by atoms with E-state index in [0.717, 1.165) is 22.2 Å². The summed E-state index contributed by atoms with van der Waals surface area (Å²) in [6, 6.07) is 13.7. The van der Waals surface area contributed by atoms with Crippen LogP contribution in [0.4, 0.5) is 0 Å². The Labute approximate surface area is 133 Å². The summed E-state index contributed by atoms with van der Waals surface area (Å²) in [7, 11) is 0. The molecule has 0 atom stereocenters. The van der Waals surface area contributed by atoms with Gasteiger partial charge < -0.3 is 5.32 Å². The van der Waals surface area contributed by atoms with Crippen molar-refractivity contribution in [3.05, 3.63) is 64.4 Å². The number of hydrogen-bond donors (Lipinski definition) is 1. The second-order valence-electron chi connectivity index (χ2n) is 5.46. The third-order valence-corrected chi connectivity index (χ3v) is 4.00. The first kappa shape index (κ1) is 15.7. The van der Waals surface area contributed by atoms with Gasteiger partial charge >= 0.3 is 0 Å². The fourth-order valence-electron chi connectivity index (χ4n) is 2.08. The number of aromatic nitrogens is 1. The number of benzene rings is 1. The molecule has 0 radical (unpaired) electrons. The number of carbonyl (C=O) groups excluding carboxylic acids is 1. The molecule has 0 spiro atoms. The van der Waals surface area contributed by atoms with Crippen molar-refractivity contribution in [1.82, 2.24) is 10.3 Å². The minimum absolute atomic E-state index is 0.0246. The van der Waals surface area contributed by atoms with Crippen molar-refractivity contribution in [3.8, 4) is 0 Å². The summed E-state index contributed by atoms with van der Waals surface area (Å²) in [5.74, 6) is 0.0246. The van der Waals surface area contributed by atoms with Gasteiger partial charge in [-0.25, -0.2) is 0 Å². The van der Waals surface area contributed by atoms with Gasteiger partial charge in [-0.2, -0.15) is 0 Å². The molecule has 2 rings (SSSR count). The lowest BCUT2D eigenvalue weighted by atomic mass is 9.84. The molecule has 21 heavy (non-hydrogen) atoms. The Kier molecular flexibility index (Phi) is 5.12. The van der Waals surface area contributed by atoms with Gasteiger partial charge in [0.1, 0.15) is 0 Å². The van der Waals surface area contributed by atoms with Gasteiger partial charge in [-0.1, -0.05) is 34.1 Å². The summed E-state index contributed by atoms with van der Waals surface area (Å²) in [6.45, 7) is 4.46. The molecule has 0 bridgehead atoms. The molecule has 0 aliphatic carbocycles. The predicted molar refractivity (Wildman–Crippen MR) is 88.1 cm³/mol. The van der Waals surface area contributed by atoms with Gasteiger partial charge in [-0.05, 0) is 43.7 Å². The first-order chi connectivity index (χ1) is 10.00. The van der Waals surface area contributed by atoms with E-state index in [4.69, 9.17) is 0 Å². The number of carbonyl (C=O) groups is 1. The minimum atomic E-state index is -0.562. The Morgan fingerprint density at radius 1 is 1.24 bits per heavy atom. The quantitative estimate of drug-likeness (QED) is 0.900. The van der Waals surface area contributed by atoms with Gasteiger partial charge in [0, 0.05) is 29.3 Å². The van der Waals surface area contributed by atoms with Crippen molar-refractivity contribution < 1.29 is 4.79 Å². The molecule has 0 saturated heterocycles. The van der Waals surface area contributed by atoms with Gasteiger partial charge in [-0.3, -0.25) is 9.78 Å². The number of hydrogen-bond acceptors (Lipinski definition) is 2. The third-order valence-electron chi connectivity index (χ3n) is 3.51. The summed E-state index contributed by atoms with van der Waals surface area (Å²) in [4.78, 5) is 16.7. The van der Waals surface area contributed by atoms with Crippen LogP contribution in [0.1, 0.15) is 25.1 Å². The van der Waals surface area contributed by atoms with Gasteiger partial charge in [-0.15, -0.1) is 0 Å². The number of nitrogens with zero attached hydrogens (tertiary/aromatic N) is 1. The first-order valence-electron chi connectivity index (χ1n) is 6.94. The van der Waals surface area contributed by atoms with Crippen molar-refractivity contribution >= 4 is 21.8 Å². The standard InChI is InChI=1S/C17H19BrN2O/c1-17(2,13-6-5-7-14(18)12-13)16(21)20-11-9-15-8-3-4-10-19-15/h3-8,10,12H,9,11H2,1-2H3,(H,20,21). The average molecular weight is 347 g/mol. The summed E-state index contributed by atoms with van der Waals surface area (Å²) >= 11 is 3.45. The highest BCUT2D eigenvalue weighted by atomic mass is 79.9. The maximum atomic E-state index is 12.4. The monoisotopic (exact) mass is 346 g/mol. The van der Waals surface area contributed by atoms with Gasteiger partial charge in [0.2, 0.25) is 5.91 Å². The lowest BCUT2D eigenvalue weighted by Gasteiger charge is -2.24. The summed E-state index contributed by atoms with van der Waals surface area (Å²) < 4.78 is 0.981. The van der Waals surface area contributed by atoms with Crippen molar-refractivity contribution in [2.24, 2.45) is 0 Å². The van der Waals surface area contributed by atoms with Crippen LogP contribution in [-0.2, 0) is 16.6 Å². The molecule has 1 heterocycles. The SMILES string of the molecule is CC(C)(C(=O)NCCc1ccccn1)c1cccc(Br)c1. The maximum absolute atomic E-state index is 12.4. The average Bonchev–Trinajstić information content (AvgIpc) is 2.48. The van der Waals surface area contributed by atoms with E-state index in [1.807, 2.05) is 56.3 Å². The molecule has 3 nitrogen and oxygen atoms in total. The molecule has 110 valence electrons. The summed E-state index contributed by atoms with van der Waals surface area (Å²) in [5.41, 5.74) is 1.42. The van der Waals surface area contributed by atoms with E-state index in [9.17, 15) is 4.79 Å². The number of amides is 1. The Bertz CT molecular complexity index is 611. The molecular weight excluding hydrogens is 328 g/mol. The molecule has 4 heteroatoms. The van der Waals surface area contributed by atoms with Crippen molar-refractivity contribution in [1.29, 1.82) is 0 Å². The number of halogens is 1. The summed E-state index contributed by atoms with van der Waals surface area (Å²) in [5, 5.41) is 3.00. The predicted octanol–water partition coefficient (Wildman–Crippen LogP) is 3.48. The molecular formula is C17H19BrN2O. The molecule has 0 fully saturated rings. The fourth-order valence-corrected chi connectivity index (χ4v) is 2.48. The first-order valence-corrected chi connectivity index (χ1v) is 7.74. The molecule has 0 unspecified atom stereocenters. The van der Waals surface area contributed by atoms with Crippen LogP contribution in [0.2, 0.25) is 0 Å². The number of rotatable bonds is 5. The minimum Gasteiger partial charge on any atom is -0.355 e. The Morgan fingerprint density at radius 3 is 2.71 bits per heavy atom. The molecule has 1 amide bonds. The van der Waals surface area contributed by atoms with Crippen LogP contribution in [-0.4, -0.2) is 17.4 Å². The Morgan fingerprint density at radius 2 is 2.05 bits per heavy atom. The van der Waals surface area contributed by atoms with Crippen LogP contribution in [0.3, 0.4) is 0 Å². The van der Waals surface area contributed by atoms with Crippen LogP contribution < -0.4 is 5.32 Å². The molecule has 0 aliphatic heterocycles. The third kappa shape index (κ3) is 4.14. The summed E-state index contributed by atoms with van der Waals surface area (Å²) in [6.07, 6.45) is 2.50. The largest absolute Gasteiger partial charge is 0.355 e. The number of pyridine rings is 1. The van der Waals surface area contributed by atoms with Gasteiger partial charge in [0.05, 0.1) is 5.41 Å². The van der Waals surface area contributed by atoms with Crippen LogP contribution in [0.5, 0.6) is 0 Å². The van der Waals surface area contributed by atoms with Crippen LogP contribution in [0.15, 0.2) is 53.1 Å².